The van der Waals surface area contributed by atoms with E-state index in [1.54, 1.807) is 41.1 Å². The SMILES string of the molecule is COc1cc2c3n(nc2cc1C(=O)O)[C@@H]([C@H](c1cccc(Cl)c1F)[C@H]1C(=O)Nc2cc(Cl)ccc21)[C@@H](NCC1CC1)CO3. The number of aromatic carboxylic acids is 1. The fourth-order valence-electron chi connectivity index (χ4n) is 6.40. The van der Waals surface area contributed by atoms with Crippen LogP contribution in [0.4, 0.5) is 10.1 Å². The zero-order valence-electron chi connectivity index (χ0n) is 22.9. The lowest BCUT2D eigenvalue weighted by molar-refractivity contribution is -0.118. The van der Waals surface area contributed by atoms with Crippen molar-refractivity contribution in [3.8, 4) is 11.6 Å². The number of halogens is 3. The Morgan fingerprint density at radius 2 is 2.07 bits per heavy atom. The quantitative estimate of drug-likeness (QED) is 0.220. The Bertz CT molecular complexity index is 1790. The first-order valence-electron chi connectivity index (χ1n) is 14.0. The van der Waals surface area contributed by atoms with Gasteiger partial charge in [-0.2, -0.15) is 5.10 Å². The van der Waals surface area contributed by atoms with E-state index in [4.69, 9.17) is 37.8 Å². The molecule has 3 heterocycles. The summed E-state index contributed by atoms with van der Waals surface area (Å²) in [6, 6.07) is 12.0. The summed E-state index contributed by atoms with van der Waals surface area (Å²) in [6.45, 7) is 0.938. The zero-order chi connectivity index (χ0) is 30.0. The van der Waals surface area contributed by atoms with Crippen LogP contribution in [-0.2, 0) is 4.79 Å². The second kappa shape index (κ2) is 10.7. The summed E-state index contributed by atoms with van der Waals surface area (Å²) in [7, 11) is 1.39. The van der Waals surface area contributed by atoms with Gasteiger partial charge in [-0.1, -0.05) is 41.4 Å². The molecule has 0 spiro atoms. The predicted octanol–water partition coefficient (Wildman–Crippen LogP) is 6.01. The van der Waals surface area contributed by atoms with E-state index in [0.29, 0.717) is 39.0 Å². The number of carboxylic acids is 1. The van der Waals surface area contributed by atoms with Gasteiger partial charge in [0.25, 0.3) is 0 Å². The summed E-state index contributed by atoms with van der Waals surface area (Å²) >= 11 is 12.6. The lowest BCUT2D eigenvalue weighted by Crippen LogP contribution is -2.50. The number of nitrogens with zero attached hydrogens (tertiary/aromatic N) is 2. The van der Waals surface area contributed by atoms with Gasteiger partial charge in [0.2, 0.25) is 11.8 Å². The van der Waals surface area contributed by atoms with Gasteiger partial charge in [-0.3, -0.25) is 4.79 Å². The van der Waals surface area contributed by atoms with Crippen LogP contribution in [0.5, 0.6) is 11.6 Å². The molecule has 2 aliphatic heterocycles. The number of amides is 1. The Morgan fingerprint density at radius 3 is 2.81 bits per heavy atom. The van der Waals surface area contributed by atoms with E-state index in [1.165, 1.54) is 19.2 Å². The third-order valence-electron chi connectivity index (χ3n) is 8.62. The number of ether oxygens (including phenoxy) is 2. The summed E-state index contributed by atoms with van der Waals surface area (Å²) in [5.41, 5.74) is 1.82. The predicted molar refractivity (Wildman–Crippen MR) is 159 cm³/mol. The van der Waals surface area contributed by atoms with Crippen LogP contribution in [0.1, 0.15) is 52.2 Å². The first-order chi connectivity index (χ1) is 20.7. The summed E-state index contributed by atoms with van der Waals surface area (Å²) in [4.78, 5) is 25.8. The molecule has 1 aromatic heterocycles. The van der Waals surface area contributed by atoms with Crippen molar-refractivity contribution in [2.45, 2.75) is 36.8 Å². The molecule has 3 aromatic carbocycles. The van der Waals surface area contributed by atoms with Crippen LogP contribution < -0.4 is 20.1 Å². The Labute approximate surface area is 255 Å². The van der Waals surface area contributed by atoms with Gasteiger partial charge in [-0.15, -0.1) is 0 Å². The van der Waals surface area contributed by atoms with Crippen molar-refractivity contribution in [1.29, 1.82) is 0 Å². The smallest absolute Gasteiger partial charge is 0.339 e. The number of carboxylic acid groups (broad SMARTS) is 1. The summed E-state index contributed by atoms with van der Waals surface area (Å²) in [5.74, 6) is -2.64. The number of aromatic nitrogens is 2. The fourth-order valence-corrected chi connectivity index (χ4v) is 6.76. The maximum atomic E-state index is 16.1. The van der Waals surface area contributed by atoms with Crippen molar-refractivity contribution in [2.75, 3.05) is 25.6 Å². The largest absolute Gasteiger partial charge is 0.496 e. The summed E-state index contributed by atoms with van der Waals surface area (Å²) < 4.78 is 29.4. The molecule has 0 unspecified atom stereocenters. The van der Waals surface area contributed by atoms with Gasteiger partial charge in [0.05, 0.1) is 41.0 Å². The van der Waals surface area contributed by atoms with E-state index in [0.717, 1.165) is 19.4 Å². The van der Waals surface area contributed by atoms with Crippen molar-refractivity contribution in [3.05, 3.63) is 81.1 Å². The molecule has 43 heavy (non-hydrogen) atoms. The minimum absolute atomic E-state index is 0.0520. The fraction of sp³-hybridized carbons (Fsp3) is 0.323. The van der Waals surface area contributed by atoms with Crippen LogP contribution in [0.15, 0.2) is 48.5 Å². The molecule has 12 heteroatoms. The molecule has 4 aromatic rings. The van der Waals surface area contributed by atoms with E-state index >= 15 is 4.39 Å². The number of benzene rings is 3. The minimum Gasteiger partial charge on any atom is -0.496 e. The first-order valence-corrected chi connectivity index (χ1v) is 14.7. The van der Waals surface area contributed by atoms with Crippen molar-refractivity contribution in [1.82, 2.24) is 15.1 Å². The highest BCUT2D eigenvalue weighted by Gasteiger charge is 2.49. The van der Waals surface area contributed by atoms with Crippen molar-refractivity contribution >= 4 is 51.7 Å². The Morgan fingerprint density at radius 1 is 1.26 bits per heavy atom. The highest BCUT2D eigenvalue weighted by molar-refractivity contribution is 6.31. The van der Waals surface area contributed by atoms with Crippen LogP contribution >= 0.6 is 23.2 Å². The Kier molecular flexibility index (Phi) is 6.95. The van der Waals surface area contributed by atoms with Gasteiger partial charge >= 0.3 is 5.97 Å². The first kappa shape index (κ1) is 27.9. The van der Waals surface area contributed by atoms with Gasteiger partial charge in [0, 0.05) is 16.6 Å². The number of hydrogen-bond donors (Lipinski definition) is 3. The van der Waals surface area contributed by atoms with Gasteiger partial charge in [-0.05, 0) is 66.8 Å². The number of carbonyl (C=O) groups excluding carboxylic acids is 1. The van der Waals surface area contributed by atoms with Crippen LogP contribution in [0.2, 0.25) is 10.0 Å². The van der Waals surface area contributed by atoms with Crippen LogP contribution in [0, 0.1) is 11.7 Å². The lowest BCUT2D eigenvalue weighted by Gasteiger charge is -2.40. The third-order valence-corrected chi connectivity index (χ3v) is 9.15. The molecular weight excluding hydrogens is 598 g/mol. The maximum absolute atomic E-state index is 16.1. The number of carbonyl (C=O) groups is 2. The van der Waals surface area contributed by atoms with Gasteiger partial charge in [0.1, 0.15) is 23.7 Å². The molecule has 4 atom stereocenters. The number of fused-ring (bicyclic) bond motifs is 4. The Balaban J connectivity index is 1.47. The van der Waals surface area contributed by atoms with Crippen LogP contribution in [0.25, 0.3) is 10.9 Å². The summed E-state index contributed by atoms with van der Waals surface area (Å²) in [6.07, 6.45) is 2.23. The highest BCUT2D eigenvalue weighted by atomic mass is 35.5. The number of hydrogen-bond acceptors (Lipinski definition) is 6. The van der Waals surface area contributed by atoms with E-state index in [9.17, 15) is 14.7 Å². The normalized spacial score (nSPS) is 21.6. The second-order valence-electron chi connectivity index (χ2n) is 11.3. The number of methoxy groups -OCH3 is 1. The molecule has 1 saturated carbocycles. The Hall–Kier alpha value is -3.86. The molecule has 9 nitrogen and oxygen atoms in total. The molecule has 7 rings (SSSR count). The van der Waals surface area contributed by atoms with Gasteiger partial charge < -0.3 is 25.2 Å². The minimum atomic E-state index is -1.16. The topological polar surface area (TPSA) is 115 Å². The molecule has 1 aliphatic carbocycles. The van der Waals surface area contributed by atoms with Crippen LogP contribution in [-0.4, -0.2) is 53.1 Å². The molecule has 0 radical (unpaired) electrons. The van der Waals surface area contributed by atoms with Gasteiger partial charge in [-0.25, -0.2) is 13.9 Å². The van der Waals surface area contributed by atoms with E-state index in [1.807, 2.05) is 0 Å². The van der Waals surface area contributed by atoms with E-state index in [2.05, 4.69) is 10.6 Å². The maximum Gasteiger partial charge on any atom is 0.339 e. The number of anilines is 1. The van der Waals surface area contributed by atoms with Crippen molar-refractivity contribution in [3.63, 3.8) is 0 Å². The third kappa shape index (κ3) is 4.77. The molecule has 0 bridgehead atoms. The van der Waals surface area contributed by atoms with E-state index in [-0.39, 0.29) is 40.5 Å². The second-order valence-corrected chi connectivity index (χ2v) is 12.1. The zero-order valence-corrected chi connectivity index (χ0v) is 24.5. The summed E-state index contributed by atoms with van der Waals surface area (Å²) in [5, 5.41) is 22.1. The number of nitrogens with one attached hydrogen (secondary N) is 2. The van der Waals surface area contributed by atoms with Crippen molar-refractivity contribution in [2.24, 2.45) is 5.92 Å². The molecule has 1 amide bonds. The number of rotatable bonds is 8. The van der Waals surface area contributed by atoms with Crippen molar-refractivity contribution < 1.29 is 28.6 Å². The molecule has 222 valence electrons. The highest BCUT2D eigenvalue weighted by Crippen LogP contribution is 2.52. The van der Waals surface area contributed by atoms with Gasteiger partial charge in [0.15, 0.2) is 0 Å². The molecule has 3 aliphatic rings. The monoisotopic (exact) mass is 624 g/mol. The molecule has 0 saturated heterocycles. The average molecular weight is 625 g/mol. The molecular formula is C31H27Cl2FN4O5. The lowest BCUT2D eigenvalue weighted by atomic mass is 9.74. The van der Waals surface area contributed by atoms with E-state index < -0.39 is 29.7 Å². The molecule has 3 N–H and O–H groups in total. The molecule has 1 fully saturated rings. The standard InChI is InChI=1S/C31H27Cl2FN4O5/c1-42-24-11-18-22(10-19(24)31(40)41)37-38-28(23(13-43-30(18)38)35-12-14-5-6-14)25(17-3-2-4-20(33)27(17)34)26-16-8-7-15(32)9-21(16)36-29(26)39/h2-4,7-11,14,23,25-26,28,35H,5-6,12-13H2,1H3,(H,36,39)(H,40,41)/t23-,25+,26-,28+/m0/s1. The average Bonchev–Trinajstić information content (AvgIpc) is 3.67. The van der Waals surface area contributed by atoms with Crippen LogP contribution in [0.3, 0.4) is 0 Å².